The second-order valence-electron chi connectivity index (χ2n) is 9.73. The minimum absolute atomic E-state index is 0.0204. The van der Waals surface area contributed by atoms with E-state index in [-0.39, 0.29) is 18.3 Å². The van der Waals surface area contributed by atoms with Gasteiger partial charge in [-0.05, 0) is 86.9 Å². The van der Waals surface area contributed by atoms with Crippen molar-refractivity contribution in [1.29, 1.82) is 0 Å². The number of hydrogen-bond donors (Lipinski definition) is 3. The standard InChI is InChI=1S/C29H33N3O4S/c1-2-36-28(34)24-22-9-5-6-10-23(22)37-27(24)32-29(35)31-25(19-13-15-30-16-14-19)26(33)21-12-11-18-7-3-4-8-20(18)17-21/h3-4,7-8,11-12,17,19,25,30H,2,5-6,9-10,13-16H2,1H3,(H2,31,32,35). The molecule has 0 spiro atoms. The molecule has 0 saturated carbocycles. The van der Waals surface area contributed by atoms with Crippen molar-refractivity contribution in [2.45, 2.75) is 51.5 Å². The van der Waals surface area contributed by atoms with Gasteiger partial charge in [0.2, 0.25) is 0 Å². The molecule has 1 aliphatic carbocycles. The van der Waals surface area contributed by atoms with Crippen LogP contribution in [0.1, 0.15) is 63.8 Å². The lowest BCUT2D eigenvalue weighted by Crippen LogP contribution is -2.50. The van der Waals surface area contributed by atoms with Gasteiger partial charge in [0.25, 0.3) is 0 Å². The highest BCUT2D eigenvalue weighted by Gasteiger charge is 2.33. The van der Waals surface area contributed by atoms with Gasteiger partial charge in [-0.25, -0.2) is 9.59 Å². The first-order valence-corrected chi connectivity index (χ1v) is 14.0. The van der Waals surface area contributed by atoms with E-state index in [4.69, 9.17) is 4.74 Å². The monoisotopic (exact) mass is 519 g/mol. The molecule has 3 N–H and O–H groups in total. The smallest absolute Gasteiger partial charge is 0.341 e. The number of anilines is 1. The fraction of sp³-hybridized carbons (Fsp3) is 0.414. The lowest BCUT2D eigenvalue weighted by atomic mass is 9.85. The number of urea groups is 1. The Morgan fingerprint density at radius 2 is 1.81 bits per heavy atom. The summed E-state index contributed by atoms with van der Waals surface area (Å²) in [7, 11) is 0. The molecule has 1 aromatic heterocycles. The summed E-state index contributed by atoms with van der Waals surface area (Å²) in [5.74, 6) is -0.477. The van der Waals surface area contributed by atoms with E-state index in [0.717, 1.165) is 72.8 Å². The number of nitrogens with one attached hydrogen (secondary N) is 3. The Hall–Kier alpha value is -3.23. The number of ether oxygens (including phenoxy) is 1. The Labute approximate surface area is 221 Å². The highest BCUT2D eigenvalue weighted by Crippen LogP contribution is 2.38. The van der Waals surface area contributed by atoms with Gasteiger partial charge in [0, 0.05) is 10.4 Å². The minimum atomic E-state index is -0.663. The van der Waals surface area contributed by atoms with E-state index in [1.165, 1.54) is 11.3 Å². The van der Waals surface area contributed by atoms with Crippen LogP contribution in [-0.4, -0.2) is 43.5 Å². The van der Waals surface area contributed by atoms with Gasteiger partial charge in [0.15, 0.2) is 5.78 Å². The highest BCUT2D eigenvalue weighted by molar-refractivity contribution is 7.17. The number of amides is 2. The van der Waals surface area contributed by atoms with Crippen LogP contribution in [0.3, 0.4) is 0 Å². The van der Waals surface area contributed by atoms with Gasteiger partial charge >= 0.3 is 12.0 Å². The number of benzene rings is 2. The maximum atomic E-state index is 13.8. The number of esters is 1. The van der Waals surface area contributed by atoms with Gasteiger partial charge in [-0.3, -0.25) is 10.1 Å². The van der Waals surface area contributed by atoms with Crippen LogP contribution in [0.4, 0.5) is 9.80 Å². The zero-order valence-corrected chi connectivity index (χ0v) is 21.9. The number of aryl methyl sites for hydroxylation is 1. The van der Waals surface area contributed by atoms with E-state index in [2.05, 4.69) is 16.0 Å². The molecular formula is C29H33N3O4S. The molecule has 0 bridgehead atoms. The van der Waals surface area contributed by atoms with Crippen LogP contribution in [0.2, 0.25) is 0 Å². The van der Waals surface area contributed by atoms with E-state index >= 15 is 0 Å². The molecule has 2 aromatic carbocycles. The van der Waals surface area contributed by atoms with Crippen molar-refractivity contribution in [2.24, 2.45) is 5.92 Å². The zero-order chi connectivity index (χ0) is 25.8. The predicted molar refractivity (Wildman–Crippen MR) is 147 cm³/mol. The lowest BCUT2D eigenvalue weighted by molar-refractivity contribution is 0.0526. The Kier molecular flexibility index (Phi) is 7.86. The molecule has 2 aliphatic rings. The molecule has 7 nitrogen and oxygen atoms in total. The average molecular weight is 520 g/mol. The summed E-state index contributed by atoms with van der Waals surface area (Å²) in [6.45, 7) is 3.66. The molecule has 1 unspecified atom stereocenters. The summed E-state index contributed by atoms with van der Waals surface area (Å²) >= 11 is 1.45. The van der Waals surface area contributed by atoms with E-state index in [1.807, 2.05) is 42.5 Å². The largest absolute Gasteiger partial charge is 0.462 e. The second-order valence-corrected chi connectivity index (χ2v) is 10.8. The molecule has 0 radical (unpaired) electrons. The van der Waals surface area contributed by atoms with Crippen LogP contribution in [0.15, 0.2) is 42.5 Å². The lowest BCUT2D eigenvalue weighted by Gasteiger charge is -2.30. The molecule has 1 aliphatic heterocycles. The van der Waals surface area contributed by atoms with Gasteiger partial charge in [-0.1, -0.05) is 36.4 Å². The summed E-state index contributed by atoms with van der Waals surface area (Å²) in [5, 5.41) is 11.8. The molecule has 2 amide bonds. The Bertz CT molecular complexity index is 1310. The summed E-state index contributed by atoms with van der Waals surface area (Å²) in [5.41, 5.74) is 2.05. The number of hydrogen-bond acceptors (Lipinski definition) is 6. The highest BCUT2D eigenvalue weighted by atomic mass is 32.1. The first kappa shape index (κ1) is 25.4. The first-order valence-electron chi connectivity index (χ1n) is 13.2. The van der Waals surface area contributed by atoms with Crippen LogP contribution < -0.4 is 16.0 Å². The van der Waals surface area contributed by atoms with Gasteiger partial charge in [-0.15, -0.1) is 11.3 Å². The Balaban J connectivity index is 1.40. The molecule has 194 valence electrons. The van der Waals surface area contributed by atoms with E-state index in [0.29, 0.717) is 16.1 Å². The third kappa shape index (κ3) is 5.55. The average Bonchev–Trinajstić information content (AvgIpc) is 3.29. The number of carbonyl (C=O) groups excluding carboxylic acids is 3. The molecule has 2 heterocycles. The minimum Gasteiger partial charge on any atom is -0.462 e. The maximum absolute atomic E-state index is 13.8. The van der Waals surface area contributed by atoms with Gasteiger partial charge in [0.1, 0.15) is 5.00 Å². The van der Waals surface area contributed by atoms with Crippen LogP contribution in [0.25, 0.3) is 10.8 Å². The predicted octanol–water partition coefficient (Wildman–Crippen LogP) is 5.33. The molecule has 5 rings (SSSR count). The van der Waals surface area contributed by atoms with Crippen LogP contribution in [-0.2, 0) is 17.6 Å². The molecule has 1 saturated heterocycles. The van der Waals surface area contributed by atoms with Crippen LogP contribution in [0.5, 0.6) is 0 Å². The number of piperidine rings is 1. The van der Waals surface area contributed by atoms with Crippen LogP contribution >= 0.6 is 11.3 Å². The van der Waals surface area contributed by atoms with Gasteiger partial charge in [0.05, 0.1) is 18.2 Å². The van der Waals surface area contributed by atoms with Crippen molar-refractivity contribution in [3.8, 4) is 0 Å². The van der Waals surface area contributed by atoms with Crippen LogP contribution in [0, 0.1) is 5.92 Å². The second kappa shape index (κ2) is 11.4. The van der Waals surface area contributed by atoms with E-state index < -0.39 is 18.0 Å². The summed E-state index contributed by atoms with van der Waals surface area (Å²) < 4.78 is 5.32. The van der Waals surface area contributed by atoms with E-state index in [9.17, 15) is 14.4 Å². The van der Waals surface area contributed by atoms with Crippen molar-refractivity contribution in [1.82, 2.24) is 10.6 Å². The zero-order valence-electron chi connectivity index (χ0n) is 21.1. The molecule has 8 heteroatoms. The number of carbonyl (C=O) groups is 3. The van der Waals surface area contributed by atoms with Crippen molar-refractivity contribution < 1.29 is 19.1 Å². The normalized spacial score (nSPS) is 16.6. The van der Waals surface area contributed by atoms with Gasteiger partial charge in [-0.2, -0.15) is 0 Å². The summed E-state index contributed by atoms with van der Waals surface area (Å²) in [6, 6.07) is 12.5. The SMILES string of the molecule is CCOC(=O)c1c(NC(=O)NC(C(=O)c2ccc3ccccc3c2)C2CCNCC2)sc2c1CCCC2. The number of rotatable bonds is 7. The first-order chi connectivity index (χ1) is 18.0. The number of fused-ring (bicyclic) bond motifs is 2. The molecule has 1 atom stereocenters. The molecule has 37 heavy (non-hydrogen) atoms. The number of ketones is 1. The van der Waals surface area contributed by atoms with Crippen molar-refractivity contribution in [3.05, 3.63) is 64.0 Å². The number of thiophene rings is 1. The third-order valence-corrected chi connectivity index (χ3v) is 8.54. The topological polar surface area (TPSA) is 96.5 Å². The van der Waals surface area contributed by atoms with Crippen molar-refractivity contribution >= 4 is 44.9 Å². The quantitative estimate of drug-likeness (QED) is 0.290. The number of Topliss-reactive ketones (excluding diaryl/α,β-unsaturated/α-hetero) is 1. The Morgan fingerprint density at radius 1 is 1.05 bits per heavy atom. The summed E-state index contributed by atoms with van der Waals surface area (Å²) in [6.07, 6.45) is 5.38. The fourth-order valence-corrected chi connectivity index (χ4v) is 6.72. The summed E-state index contributed by atoms with van der Waals surface area (Å²) in [4.78, 5) is 41.0. The third-order valence-electron chi connectivity index (χ3n) is 7.34. The van der Waals surface area contributed by atoms with Crippen molar-refractivity contribution in [2.75, 3.05) is 25.0 Å². The van der Waals surface area contributed by atoms with E-state index in [1.54, 1.807) is 6.92 Å². The Morgan fingerprint density at radius 3 is 2.59 bits per heavy atom. The molecular weight excluding hydrogens is 486 g/mol. The fourth-order valence-electron chi connectivity index (χ4n) is 5.45. The molecule has 1 fully saturated rings. The van der Waals surface area contributed by atoms with Crippen molar-refractivity contribution in [3.63, 3.8) is 0 Å². The van der Waals surface area contributed by atoms with Gasteiger partial charge < -0.3 is 15.4 Å². The maximum Gasteiger partial charge on any atom is 0.341 e. The molecule has 3 aromatic rings.